The van der Waals surface area contributed by atoms with Gasteiger partial charge in [-0.1, -0.05) is 58.8 Å². The second-order valence-corrected chi connectivity index (χ2v) is 8.25. The second kappa shape index (κ2) is 18.5. The number of carbonyl (C=O) groups is 1. The number of carbonyl (C=O) groups excluding carboxylic acids is 1. The standard InChI is InChI=1S/C19H40NO7P/c1-3-5-6-7-8-9-10-11-14-24-16-18(27-19(21)12-4-2)17-26-28(22,23)25-15-13-20/h18H,3-17,20H2,1-2H3,(H,22,23). The van der Waals surface area contributed by atoms with Crippen molar-refractivity contribution in [3.8, 4) is 0 Å². The van der Waals surface area contributed by atoms with E-state index in [-0.39, 0.29) is 38.8 Å². The van der Waals surface area contributed by atoms with Gasteiger partial charge in [0.25, 0.3) is 0 Å². The number of hydrogen-bond donors (Lipinski definition) is 2. The van der Waals surface area contributed by atoms with Gasteiger partial charge in [-0.3, -0.25) is 13.8 Å². The molecule has 0 fully saturated rings. The highest BCUT2D eigenvalue weighted by molar-refractivity contribution is 7.47. The fourth-order valence-corrected chi connectivity index (χ4v) is 3.27. The van der Waals surface area contributed by atoms with Gasteiger partial charge in [-0.05, 0) is 12.8 Å². The minimum atomic E-state index is -4.21. The van der Waals surface area contributed by atoms with Crippen LogP contribution in [-0.4, -0.2) is 49.9 Å². The van der Waals surface area contributed by atoms with E-state index in [2.05, 4.69) is 11.4 Å². The Hall–Kier alpha value is -0.500. The van der Waals surface area contributed by atoms with Crippen LogP contribution in [0, 0.1) is 0 Å². The van der Waals surface area contributed by atoms with Gasteiger partial charge in [0.2, 0.25) is 0 Å². The summed E-state index contributed by atoms with van der Waals surface area (Å²) in [5, 5.41) is 0. The summed E-state index contributed by atoms with van der Waals surface area (Å²) in [6, 6.07) is 0. The predicted molar refractivity (Wildman–Crippen MR) is 109 cm³/mol. The fraction of sp³-hybridized carbons (Fsp3) is 0.947. The molecule has 0 aromatic rings. The Labute approximate surface area is 170 Å². The summed E-state index contributed by atoms with van der Waals surface area (Å²) >= 11 is 0. The summed E-state index contributed by atoms with van der Waals surface area (Å²) in [6.45, 7) is 4.48. The third-order valence-corrected chi connectivity index (χ3v) is 4.98. The highest BCUT2D eigenvalue weighted by atomic mass is 31.2. The molecule has 0 aliphatic rings. The number of ether oxygens (including phenoxy) is 2. The molecule has 0 radical (unpaired) electrons. The van der Waals surface area contributed by atoms with Crippen molar-refractivity contribution in [2.75, 3.05) is 33.0 Å². The summed E-state index contributed by atoms with van der Waals surface area (Å²) < 4.78 is 32.1. The van der Waals surface area contributed by atoms with E-state index in [9.17, 15) is 14.3 Å². The average Bonchev–Trinajstić information content (AvgIpc) is 2.66. The van der Waals surface area contributed by atoms with Crippen molar-refractivity contribution in [3.63, 3.8) is 0 Å². The molecule has 0 spiro atoms. The first-order valence-electron chi connectivity index (χ1n) is 10.5. The van der Waals surface area contributed by atoms with Crippen LogP contribution in [0.4, 0.5) is 0 Å². The van der Waals surface area contributed by atoms with Gasteiger partial charge < -0.3 is 20.1 Å². The van der Waals surface area contributed by atoms with Crippen molar-refractivity contribution >= 4 is 13.8 Å². The van der Waals surface area contributed by atoms with Crippen LogP contribution in [0.2, 0.25) is 0 Å². The summed E-state index contributed by atoms with van der Waals surface area (Å²) in [6.07, 6.45) is 9.80. The number of unbranched alkanes of at least 4 members (excludes halogenated alkanes) is 7. The second-order valence-electron chi connectivity index (χ2n) is 6.80. The molecular weight excluding hydrogens is 385 g/mol. The van der Waals surface area contributed by atoms with Gasteiger partial charge in [0.1, 0.15) is 6.10 Å². The topological polar surface area (TPSA) is 117 Å². The van der Waals surface area contributed by atoms with Gasteiger partial charge in [0.05, 0.1) is 19.8 Å². The monoisotopic (exact) mass is 425 g/mol. The largest absolute Gasteiger partial charge is 0.472 e. The lowest BCUT2D eigenvalue weighted by Crippen LogP contribution is -2.28. The lowest BCUT2D eigenvalue weighted by Gasteiger charge is -2.19. The van der Waals surface area contributed by atoms with Crippen LogP contribution in [0.5, 0.6) is 0 Å². The maximum atomic E-state index is 11.7. The van der Waals surface area contributed by atoms with E-state index in [1.165, 1.54) is 38.5 Å². The fourth-order valence-electron chi connectivity index (χ4n) is 2.50. The SMILES string of the molecule is CCCCCCCCCCOCC(COP(=O)(O)OCCN)OC(=O)CCC. The van der Waals surface area contributed by atoms with E-state index in [1.807, 2.05) is 6.92 Å². The molecule has 9 heteroatoms. The van der Waals surface area contributed by atoms with Crippen LogP contribution in [0.1, 0.15) is 78.1 Å². The number of hydrogen-bond acceptors (Lipinski definition) is 7. The van der Waals surface area contributed by atoms with Crippen LogP contribution >= 0.6 is 7.82 Å². The van der Waals surface area contributed by atoms with Crippen molar-refractivity contribution in [2.45, 2.75) is 84.2 Å². The van der Waals surface area contributed by atoms with Gasteiger partial charge in [-0.15, -0.1) is 0 Å². The maximum absolute atomic E-state index is 11.7. The van der Waals surface area contributed by atoms with Crippen molar-refractivity contribution in [2.24, 2.45) is 5.73 Å². The first-order valence-corrected chi connectivity index (χ1v) is 12.0. The molecule has 0 aromatic carbocycles. The molecule has 0 aromatic heterocycles. The Kier molecular flexibility index (Phi) is 18.2. The van der Waals surface area contributed by atoms with Gasteiger partial charge >= 0.3 is 13.8 Å². The summed E-state index contributed by atoms with van der Waals surface area (Å²) in [5.41, 5.74) is 5.23. The van der Waals surface area contributed by atoms with E-state index >= 15 is 0 Å². The molecule has 28 heavy (non-hydrogen) atoms. The van der Waals surface area contributed by atoms with Crippen molar-refractivity contribution in [3.05, 3.63) is 0 Å². The van der Waals surface area contributed by atoms with Crippen LogP contribution in [0.15, 0.2) is 0 Å². The third-order valence-electron chi connectivity index (χ3n) is 3.99. The van der Waals surface area contributed by atoms with Gasteiger partial charge in [-0.25, -0.2) is 4.57 Å². The van der Waals surface area contributed by atoms with Crippen molar-refractivity contribution in [1.82, 2.24) is 0 Å². The maximum Gasteiger partial charge on any atom is 0.472 e. The molecule has 0 aliphatic carbocycles. The molecule has 0 bridgehead atoms. The molecule has 0 heterocycles. The quantitative estimate of drug-likeness (QED) is 0.171. The average molecular weight is 426 g/mol. The number of nitrogens with two attached hydrogens (primary N) is 1. The molecule has 2 atom stereocenters. The molecule has 0 saturated carbocycles. The van der Waals surface area contributed by atoms with E-state index in [1.54, 1.807) is 0 Å². The lowest BCUT2D eigenvalue weighted by molar-refractivity contribution is -0.154. The smallest absolute Gasteiger partial charge is 0.457 e. The van der Waals surface area contributed by atoms with Gasteiger partial charge in [0, 0.05) is 19.6 Å². The zero-order chi connectivity index (χ0) is 21.1. The number of phosphoric ester groups is 1. The number of esters is 1. The van der Waals surface area contributed by atoms with E-state index in [0.29, 0.717) is 13.0 Å². The van der Waals surface area contributed by atoms with Crippen LogP contribution in [0.3, 0.4) is 0 Å². The molecule has 2 unspecified atom stereocenters. The van der Waals surface area contributed by atoms with Gasteiger partial charge in [-0.2, -0.15) is 0 Å². The Morgan fingerprint density at radius 3 is 2.18 bits per heavy atom. The predicted octanol–water partition coefficient (Wildman–Crippen LogP) is 3.95. The summed E-state index contributed by atoms with van der Waals surface area (Å²) in [7, 11) is -4.21. The Balaban J connectivity index is 4.08. The minimum Gasteiger partial charge on any atom is -0.457 e. The van der Waals surface area contributed by atoms with Crippen LogP contribution in [-0.2, 0) is 27.9 Å². The molecule has 168 valence electrons. The molecule has 8 nitrogen and oxygen atoms in total. The highest BCUT2D eigenvalue weighted by Gasteiger charge is 2.24. The number of rotatable bonds is 20. The Morgan fingerprint density at radius 1 is 0.929 bits per heavy atom. The molecular formula is C19H40NO7P. The molecule has 0 saturated heterocycles. The molecule has 0 rings (SSSR count). The zero-order valence-corrected chi connectivity index (χ0v) is 18.5. The van der Waals surface area contributed by atoms with E-state index in [4.69, 9.17) is 19.7 Å². The Bertz CT molecular complexity index is 423. The normalized spacial score (nSPS) is 14.6. The minimum absolute atomic E-state index is 0.0942. The van der Waals surface area contributed by atoms with Gasteiger partial charge in [0.15, 0.2) is 0 Å². The first kappa shape index (κ1) is 27.5. The van der Waals surface area contributed by atoms with Crippen molar-refractivity contribution < 1.29 is 32.8 Å². The molecule has 3 N–H and O–H groups in total. The summed E-state index contributed by atoms with van der Waals surface area (Å²) in [4.78, 5) is 21.3. The lowest BCUT2D eigenvalue weighted by atomic mass is 10.1. The summed E-state index contributed by atoms with van der Waals surface area (Å²) in [5.74, 6) is -0.387. The third kappa shape index (κ3) is 17.6. The Morgan fingerprint density at radius 2 is 1.57 bits per heavy atom. The van der Waals surface area contributed by atoms with Crippen molar-refractivity contribution in [1.29, 1.82) is 0 Å². The first-order chi connectivity index (χ1) is 13.4. The molecule has 0 aliphatic heterocycles. The van der Waals surface area contributed by atoms with Crippen LogP contribution < -0.4 is 5.73 Å². The zero-order valence-electron chi connectivity index (χ0n) is 17.6. The van der Waals surface area contributed by atoms with E-state index < -0.39 is 13.9 Å². The van der Waals surface area contributed by atoms with Crippen LogP contribution in [0.25, 0.3) is 0 Å². The molecule has 0 amide bonds. The van der Waals surface area contributed by atoms with E-state index in [0.717, 1.165) is 12.8 Å². The highest BCUT2D eigenvalue weighted by Crippen LogP contribution is 2.43. The number of phosphoric acid groups is 1.